The van der Waals surface area contributed by atoms with Crippen LogP contribution in [-0.2, 0) is 13.5 Å². The molecule has 4 nitrogen and oxygen atoms in total. The van der Waals surface area contributed by atoms with Gasteiger partial charge in [0.15, 0.2) is 0 Å². The van der Waals surface area contributed by atoms with Crippen LogP contribution in [0.15, 0.2) is 6.20 Å². The first-order valence-corrected chi connectivity index (χ1v) is 5.32. The second kappa shape index (κ2) is 5.91. The van der Waals surface area contributed by atoms with Crippen molar-refractivity contribution in [1.29, 1.82) is 0 Å². The van der Waals surface area contributed by atoms with Gasteiger partial charge in [-0.3, -0.25) is 4.68 Å². The van der Waals surface area contributed by atoms with Crippen molar-refractivity contribution in [3.05, 3.63) is 17.5 Å². The van der Waals surface area contributed by atoms with Crippen molar-refractivity contribution in [3.63, 3.8) is 0 Å². The molecular formula is C10H18F2N4. The quantitative estimate of drug-likeness (QED) is 0.764. The van der Waals surface area contributed by atoms with Gasteiger partial charge >= 0.3 is 0 Å². The lowest BCUT2D eigenvalue weighted by atomic mass is 10.1. The summed E-state index contributed by atoms with van der Waals surface area (Å²) in [6.45, 7) is 1.91. The van der Waals surface area contributed by atoms with Crippen LogP contribution < -0.4 is 11.1 Å². The Morgan fingerprint density at radius 3 is 2.75 bits per heavy atom. The van der Waals surface area contributed by atoms with E-state index in [2.05, 4.69) is 10.4 Å². The zero-order valence-corrected chi connectivity index (χ0v) is 9.58. The number of aryl methyl sites for hydroxylation is 2. The van der Waals surface area contributed by atoms with Crippen LogP contribution in [-0.4, -0.2) is 29.3 Å². The molecule has 3 N–H and O–H groups in total. The molecule has 0 saturated carbocycles. The molecule has 0 saturated heterocycles. The van der Waals surface area contributed by atoms with Crippen LogP contribution in [0.4, 0.5) is 8.78 Å². The fourth-order valence-electron chi connectivity index (χ4n) is 1.67. The average Bonchev–Trinajstić information content (AvgIpc) is 2.60. The fourth-order valence-corrected chi connectivity index (χ4v) is 1.67. The van der Waals surface area contributed by atoms with Crippen molar-refractivity contribution in [2.45, 2.75) is 25.8 Å². The topological polar surface area (TPSA) is 55.9 Å². The SMILES string of the molecule is CCc1nn(C)cc1C(CN)NCC(F)F. The maximum Gasteiger partial charge on any atom is 0.250 e. The van der Waals surface area contributed by atoms with Gasteiger partial charge in [-0.2, -0.15) is 5.10 Å². The van der Waals surface area contributed by atoms with Crippen LogP contribution in [0.2, 0.25) is 0 Å². The van der Waals surface area contributed by atoms with E-state index in [0.29, 0.717) is 0 Å². The first kappa shape index (κ1) is 13.1. The molecule has 0 aromatic carbocycles. The van der Waals surface area contributed by atoms with Gasteiger partial charge in [0.1, 0.15) is 0 Å². The molecule has 1 rings (SSSR count). The van der Waals surface area contributed by atoms with Gasteiger partial charge in [-0.15, -0.1) is 0 Å². The van der Waals surface area contributed by atoms with E-state index in [1.54, 1.807) is 4.68 Å². The van der Waals surface area contributed by atoms with E-state index in [-0.39, 0.29) is 19.1 Å². The standard InChI is InChI=1S/C10H18F2N4/c1-3-8-7(6-16(2)15-8)9(4-13)14-5-10(11)12/h6,9-10,14H,3-5,13H2,1-2H3. The summed E-state index contributed by atoms with van der Waals surface area (Å²) in [5.41, 5.74) is 7.39. The molecule has 0 aliphatic carbocycles. The second-order valence-corrected chi connectivity index (χ2v) is 3.65. The van der Waals surface area contributed by atoms with Crippen LogP contribution in [0.25, 0.3) is 0 Å². The highest BCUT2D eigenvalue weighted by Gasteiger charge is 2.17. The van der Waals surface area contributed by atoms with E-state index in [1.165, 1.54) is 0 Å². The Morgan fingerprint density at radius 1 is 1.56 bits per heavy atom. The molecule has 0 fully saturated rings. The van der Waals surface area contributed by atoms with Gasteiger partial charge in [-0.25, -0.2) is 8.78 Å². The summed E-state index contributed by atoms with van der Waals surface area (Å²) in [6.07, 6.45) is 0.230. The first-order chi connectivity index (χ1) is 7.58. The van der Waals surface area contributed by atoms with E-state index in [0.717, 1.165) is 17.7 Å². The predicted molar refractivity (Wildman–Crippen MR) is 58.4 cm³/mol. The van der Waals surface area contributed by atoms with Gasteiger partial charge in [0.05, 0.1) is 12.2 Å². The Morgan fingerprint density at radius 2 is 2.25 bits per heavy atom. The predicted octanol–water partition coefficient (Wildman–Crippen LogP) is 0.837. The molecule has 16 heavy (non-hydrogen) atoms. The Balaban J connectivity index is 2.77. The summed E-state index contributed by atoms with van der Waals surface area (Å²) >= 11 is 0. The number of hydrogen-bond donors (Lipinski definition) is 2. The third-order valence-electron chi connectivity index (χ3n) is 2.40. The molecule has 1 unspecified atom stereocenters. The molecule has 0 aliphatic heterocycles. The van der Waals surface area contributed by atoms with Gasteiger partial charge < -0.3 is 11.1 Å². The third-order valence-corrected chi connectivity index (χ3v) is 2.40. The number of hydrogen-bond acceptors (Lipinski definition) is 3. The lowest BCUT2D eigenvalue weighted by molar-refractivity contribution is 0.141. The number of nitrogens with zero attached hydrogens (tertiary/aromatic N) is 2. The van der Waals surface area contributed by atoms with Gasteiger partial charge in [0, 0.05) is 31.4 Å². The van der Waals surface area contributed by atoms with E-state index >= 15 is 0 Å². The van der Waals surface area contributed by atoms with Crippen molar-refractivity contribution >= 4 is 0 Å². The molecule has 1 atom stereocenters. The smallest absolute Gasteiger partial charge is 0.250 e. The van der Waals surface area contributed by atoms with Gasteiger partial charge in [-0.1, -0.05) is 6.92 Å². The highest BCUT2D eigenvalue weighted by Crippen LogP contribution is 2.16. The minimum Gasteiger partial charge on any atom is -0.329 e. The molecular weight excluding hydrogens is 214 g/mol. The summed E-state index contributed by atoms with van der Waals surface area (Å²) in [6, 6.07) is -0.252. The van der Waals surface area contributed by atoms with Crippen molar-refractivity contribution in [2.24, 2.45) is 12.8 Å². The molecule has 6 heteroatoms. The molecule has 0 radical (unpaired) electrons. The van der Waals surface area contributed by atoms with Crippen molar-refractivity contribution in [1.82, 2.24) is 15.1 Å². The monoisotopic (exact) mass is 232 g/mol. The second-order valence-electron chi connectivity index (χ2n) is 3.65. The van der Waals surface area contributed by atoms with Crippen LogP contribution in [0.1, 0.15) is 24.2 Å². The zero-order valence-electron chi connectivity index (χ0n) is 9.58. The van der Waals surface area contributed by atoms with Crippen LogP contribution >= 0.6 is 0 Å². The van der Waals surface area contributed by atoms with Crippen LogP contribution in [0.3, 0.4) is 0 Å². The van der Waals surface area contributed by atoms with E-state index in [9.17, 15) is 8.78 Å². The molecule has 1 heterocycles. The maximum absolute atomic E-state index is 12.1. The zero-order chi connectivity index (χ0) is 12.1. The Labute approximate surface area is 93.8 Å². The number of halogens is 2. The number of alkyl halides is 2. The minimum atomic E-state index is -2.37. The molecule has 0 spiro atoms. The summed E-state index contributed by atoms with van der Waals surface area (Å²) in [5, 5.41) is 7.00. The minimum absolute atomic E-state index is 0.252. The molecule has 1 aromatic heterocycles. The lowest BCUT2D eigenvalue weighted by Crippen LogP contribution is -2.32. The summed E-state index contributed by atoms with van der Waals surface area (Å²) in [7, 11) is 1.81. The summed E-state index contributed by atoms with van der Waals surface area (Å²) in [5.74, 6) is 0. The lowest BCUT2D eigenvalue weighted by Gasteiger charge is -2.16. The third kappa shape index (κ3) is 3.24. The summed E-state index contributed by atoms with van der Waals surface area (Å²) < 4.78 is 25.9. The fraction of sp³-hybridized carbons (Fsp3) is 0.700. The van der Waals surface area contributed by atoms with Crippen molar-refractivity contribution < 1.29 is 8.78 Å². The van der Waals surface area contributed by atoms with E-state index < -0.39 is 6.43 Å². The highest BCUT2D eigenvalue weighted by molar-refractivity contribution is 5.21. The largest absolute Gasteiger partial charge is 0.329 e. The van der Waals surface area contributed by atoms with Gasteiger partial charge in [0.2, 0.25) is 0 Å². The molecule has 0 bridgehead atoms. The Hall–Kier alpha value is -1.01. The van der Waals surface area contributed by atoms with Crippen molar-refractivity contribution in [3.8, 4) is 0 Å². The summed E-state index contributed by atoms with van der Waals surface area (Å²) in [4.78, 5) is 0. The molecule has 92 valence electrons. The van der Waals surface area contributed by atoms with Gasteiger partial charge in [-0.05, 0) is 6.42 Å². The van der Waals surface area contributed by atoms with E-state index in [1.807, 2.05) is 20.2 Å². The van der Waals surface area contributed by atoms with E-state index in [4.69, 9.17) is 5.73 Å². The number of nitrogens with one attached hydrogen (secondary N) is 1. The van der Waals surface area contributed by atoms with Crippen LogP contribution in [0, 0.1) is 0 Å². The number of nitrogens with two attached hydrogens (primary N) is 1. The molecule has 0 aliphatic rings. The van der Waals surface area contributed by atoms with Gasteiger partial charge in [0.25, 0.3) is 6.43 Å². The van der Waals surface area contributed by atoms with Crippen LogP contribution in [0.5, 0.6) is 0 Å². The first-order valence-electron chi connectivity index (χ1n) is 5.32. The highest BCUT2D eigenvalue weighted by atomic mass is 19.3. The molecule has 1 aromatic rings. The Kier molecular flexibility index (Phi) is 4.82. The number of rotatable bonds is 6. The molecule has 0 amide bonds. The number of aromatic nitrogens is 2. The van der Waals surface area contributed by atoms with Crippen molar-refractivity contribution in [2.75, 3.05) is 13.1 Å². The normalized spacial score (nSPS) is 13.4. The maximum atomic E-state index is 12.1. The average molecular weight is 232 g/mol. The Bertz CT molecular complexity index is 325.